The summed E-state index contributed by atoms with van der Waals surface area (Å²) in [5.41, 5.74) is 4.56. The van der Waals surface area contributed by atoms with Crippen LogP contribution in [0.1, 0.15) is 59.3 Å². The molecule has 1 unspecified atom stereocenters. The number of nitro benzene ring substituents is 1. The van der Waals surface area contributed by atoms with E-state index in [1.165, 1.54) is 17.7 Å². The number of Topliss-reactive ketones (excluding diaryl/α,β-unsaturated/α-hetero) is 1. The molecule has 0 saturated heterocycles. The topological polar surface area (TPSA) is 72.2 Å². The van der Waals surface area contributed by atoms with Gasteiger partial charge in [-0.05, 0) is 30.0 Å². The average molecular weight is 402 g/mol. The fourth-order valence-corrected chi connectivity index (χ4v) is 3.32. The molecule has 3 aromatic carbocycles. The number of benzene rings is 3. The van der Waals surface area contributed by atoms with E-state index in [0.29, 0.717) is 17.2 Å². The molecule has 0 aromatic heterocycles. The van der Waals surface area contributed by atoms with Gasteiger partial charge in [0.1, 0.15) is 0 Å². The number of rotatable bonds is 8. The molecule has 5 heteroatoms. The van der Waals surface area contributed by atoms with Crippen molar-refractivity contribution in [2.24, 2.45) is 0 Å². The van der Waals surface area contributed by atoms with Crippen LogP contribution < -0.4 is 5.32 Å². The molecule has 0 saturated carbocycles. The number of ketones is 1. The predicted octanol–water partition coefficient (Wildman–Crippen LogP) is 6.45. The number of hydrogen-bond acceptors (Lipinski definition) is 4. The van der Waals surface area contributed by atoms with E-state index >= 15 is 0 Å². The molecule has 0 radical (unpaired) electrons. The molecule has 1 atom stereocenters. The van der Waals surface area contributed by atoms with Crippen LogP contribution in [-0.4, -0.2) is 10.7 Å². The molecule has 5 nitrogen and oxygen atoms in total. The van der Waals surface area contributed by atoms with Crippen molar-refractivity contribution in [3.05, 3.63) is 105 Å². The molecule has 0 aliphatic heterocycles. The third kappa shape index (κ3) is 5.32. The summed E-state index contributed by atoms with van der Waals surface area (Å²) in [7, 11) is 0. The molecule has 0 spiro atoms. The minimum absolute atomic E-state index is 0.0127. The van der Waals surface area contributed by atoms with Gasteiger partial charge in [-0.25, -0.2) is 0 Å². The zero-order valence-electron chi connectivity index (χ0n) is 17.5. The second-order valence-electron chi connectivity index (χ2n) is 7.82. The molecular formula is C25H26N2O3. The highest BCUT2D eigenvalue weighted by atomic mass is 16.6. The van der Waals surface area contributed by atoms with E-state index in [1.54, 1.807) is 12.1 Å². The number of anilines is 1. The normalized spacial score (nSPS) is 11.9. The number of nitrogens with one attached hydrogen (secondary N) is 1. The number of carbonyl (C=O) groups excluding carboxylic acids is 1. The second kappa shape index (κ2) is 9.35. The van der Waals surface area contributed by atoms with Gasteiger partial charge in [-0.1, -0.05) is 74.0 Å². The van der Waals surface area contributed by atoms with E-state index in [9.17, 15) is 14.9 Å². The summed E-state index contributed by atoms with van der Waals surface area (Å²) in [5.74, 6) is 0.433. The molecule has 1 N–H and O–H groups in total. The van der Waals surface area contributed by atoms with Crippen molar-refractivity contribution < 1.29 is 9.72 Å². The molecule has 0 amide bonds. The van der Waals surface area contributed by atoms with Crippen LogP contribution in [0.3, 0.4) is 0 Å². The van der Waals surface area contributed by atoms with Gasteiger partial charge in [0.05, 0.1) is 11.0 Å². The maximum Gasteiger partial charge on any atom is 0.271 e. The predicted molar refractivity (Wildman–Crippen MR) is 120 cm³/mol. The van der Waals surface area contributed by atoms with Crippen LogP contribution in [0.5, 0.6) is 0 Å². The van der Waals surface area contributed by atoms with E-state index in [2.05, 4.69) is 31.3 Å². The summed E-state index contributed by atoms with van der Waals surface area (Å²) in [5, 5.41) is 14.5. The van der Waals surface area contributed by atoms with Gasteiger partial charge in [0.2, 0.25) is 0 Å². The summed E-state index contributed by atoms with van der Waals surface area (Å²) in [4.78, 5) is 23.6. The molecule has 30 heavy (non-hydrogen) atoms. The molecule has 154 valence electrons. The van der Waals surface area contributed by atoms with Gasteiger partial charge in [0, 0.05) is 29.8 Å². The van der Waals surface area contributed by atoms with E-state index in [-0.39, 0.29) is 23.9 Å². The Morgan fingerprint density at radius 2 is 1.60 bits per heavy atom. The van der Waals surface area contributed by atoms with Crippen molar-refractivity contribution in [1.29, 1.82) is 0 Å². The number of nitrogens with zero attached hydrogens (tertiary/aromatic N) is 1. The summed E-state index contributed by atoms with van der Waals surface area (Å²) < 4.78 is 0. The van der Waals surface area contributed by atoms with Crippen molar-refractivity contribution in [3.63, 3.8) is 0 Å². The first-order valence-corrected chi connectivity index (χ1v) is 10.0. The monoisotopic (exact) mass is 402 g/mol. The van der Waals surface area contributed by atoms with Crippen LogP contribution in [0.4, 0.5) is 11.4 Å². The lowest BCUT2D eigenvalue weighted by atomic mass is 9.94. The number of aryl methyl sites for hydroxylation is 1. The molecule has 0 aliphatic rings. The van der Waals surface area contributed by atoms with Gasteiger partial charge in [0.15, 0.2) is 5.78 Å². The minimum atomic E-state index is -0.422. The molecule has 0 bridgehead atoms. The van der Waals surface area contributed by atoms with E-state index in [0.717, 1.165) is 11.1 Å². The Kier molecular flexibility index (Phi) is 6.62. The summed E-state index contributed by atoms with van der Waals surface area (Å²) in [6.07, 6.45) is 0.243. The number of nitro groups is 1. The Labute approximate surface area is 176 Å². The lowest BCUT2D eigenvalue weighted by Gasteiger charge is -2.21. The highest BCUT2D eigenvalue weighted by molar-refractivity contribution is 5.96. The maximum atomic E-state index is 12.9. The number of carbonyl (C=O) groups is 1. The number of non-ortho nitro benzene ring substituents is 1. The van der Waals surface area contributed by atoms with Gasteiger partial charge >= 0.3 is 0 Å². The average Bonchev–Trinajstić information content (AvgIpc) is 2.74. The molecule has 0 fully saturated rings. The Balaban J connectivity index is 1.89. The first-order chi connectivity index (χ1) is 14.3. The molecular weight excluding hydrogens is 376 g/mol. The van der Waals surface area contributed by atoms with Crippen molar-refractivity contribution in [2.75, 3.05) is 5.32 Å². The summed E-state index contributed by atoms with van der Waals surface area (Å²) in [6.45, 7) is 6.25. The standard InChI is InChI=1S/C25H26N2O3/c1-17(2)19-11-13-20(14-12-19)24(16-25(28)21-9-7-18(3)8-10-21)26-22-5-4-6-23(15-22)27(29)30/h4-15,17,24,26H,16H2,1-3H3. The number of hydrogen-bond donors (Lipinski definition) is 1. The second-order valence-corrected chi connectivity index (χ2v) is 7.82. The van der Waals surface area contributed by atoms with Crippen LogP contribution in [0.2, 0.25) is 0 Å². The zero-order valence-corrected chi connectivity index (χ0v) is 17.5. The Hall–Kier alpha value is -3.47. The van der Waals surface area contributed by atoms with E-state index in [4.69, 9.17) is 0 Å². The third-order valence-corrected chi connectivity index (χ3v) is 5.17. The highest BCUT2D eigenvalue weighted by Crippen LogP contribution is 2.28. The van der Waals surface area contributed by atoms with Gasteiger partial charge in [-0.2, -0.15) is 0 Å². The molecule has 3 rings (SSSR count). The smallest absolute Gasteiger partial charge is 0.271 e. The Morgan fingerprint density at radius 1 is 0.967 bits per heavy atom. The Morgan fingerprint density at radius 3 is 2.20 bits per heavy atom. The van der Waals surface area contributed by atoms with Crippen molar-refractivity contribution in [3.8, 4) is 0 Å². The summed E-state index contributed by atoms with van der Waals surface area (Å²) >= 11 is 0. The van der Waals surface area contributed by atoms with Gasteiger partial charge in [-0.3, -0.25) is 14.9 Å². The SMILES string of the molecule is Cc1ccc(C(=O)CC(Nc2cccc([N+](=O)[O-])c2)c2ccc(C(C)C)cc2)cc1. The van der Waals surface area contributed by atoms with E-state index in [1.807, 2.05) is 43.3 Å². The first-order valence-electron chi connectivity index (χ1n) is 10.0. The van der Waals surface area contributed by atoms with Gasteiger partial charge in [0.25, 0.3) is 5.69 Å². The third-order valence-electron chi connectivity index (χ3n) is 5.17. The van der Waals surface area contributed by atoms with Crippen molar-refractivity contribution in [2.45, 2.75) is 39.2 Å². The molecule has 0 heterocycles. The minimum Gasteiger partial charge on any atom is -0.378 e. The lowest BCUT2D eigenvalue weighted by molar-refractivity contribution is -0.384. The van der Waals surface area contributed by atoms with Crippen molar-refractivity contribution >= 4 is 17.2 Å². The largest absolute Gasteiger partial charge is 0.378 e. The molecule has 0 aliphatic carbocycles. The fourth-order valence-electron chi connectivity index (χ4n) is 3.32. The fraction of sp³-hybridized carbons (Fsp3) is 0.240. The first kappa shape index (κ1) is 21.2. The zero-order chi connectivity index (χ0) is 21.7. The van der Waals surface area contributed by atoms with Crippen LogP contribution in [0, 0.1) is 17.0 Å². The summed E-state index contributed by atoms with van der Waals surface area (Å²) in [6, 6.07) is 21.8. The van der Waals surface area contributed by atoms with Crippen molar-refractivity contribution in [1.82, 2.24) is 0 Å². The highest BCUT2D eigenvalue weighted by Gasteiger charge is 2.19. The lowest BCUT2D eigenvalue weighted by Crippen LogP contribution is -2.16. The van der Waals surface area contributed by atoms with Crippen LogP contribution >= 0.6 is 0 Å². The quantitative estimate of drug-likeness (QED) is 0.267. The van der Waals surface area contributed by atoms with Gasteiger partial charge < -0.3 is 5.32 Å². The molecule has 3 aromatic rings. The van der Waals surface area contributed by atoms with Gasteiger partial charge in [-0.15, -0.1) is 0 Å². The van der Waals surface area contributed by atoms with E-state index < -0.39 is 4.92 Å². The maximum absolute atomic E-state index is 12.9. The van der Waals surface area contributed by atoms with Crippen LogP contribution in [0.15, 0.2) is 72.8 Å². The van der Waals surface area contributed by atoms with Crippen LogP contribution in [-0.2, 0) is 0 Å². The Bertz CT molecular complexity index is 1030. The van der Waals surface area contributed by atoms with Crippen LogP contribution in [0.25, 0.3) is 0 Å².